The molecule has 0 fully saturated rings. The van der Waals surface area contributed by atoms with Gasteiger partial charge in [-0.2, -0.15) is 0 Å². The highest BCUT2D eigenvalue weighted by Crippen LogP contribution is 2.33. The van der Waals surface area contributed by atoms with E-state index in [-0.39, 0.29) is 5.82 Å². The smallest absolute Gasteiger partial charge is 0.133 e. The number of rotatable bonds is 3. The van der Waals surface area contributed by atoms with Gasteiger partial charge in [0.1, 0.15) is 17.3 Å². The van der Waals surface area contributed by atoms with Crippen LogP contribution in [0, 0.1) is 12.7 Å². The highest BCUT2D eigenvalue weighted by molar-refractivity contribution is 9.10. The van der Waals surface area contributed by atoms with Crippen molar-refractivity contribution in [2.24, 2.45) is 0 Å². The van der Waals surface area contributed by atoms with Crippen molar-refractivity contribution in [3.8, 4) is 11.5 Å². The molecule has 0 aliphatic carbocycles. The van der Waals surface area contributed by atoms with Crippen LogP contribution in [0.4, 0.5) is 4.39 Å². The number of aliphatic hydroxyl groups excluding tert-OH is 1. The van der Waals surface area contributed by atoms with Crippen molar-refractivity contribution in [3.05, 3.63) is 57.8 Å². The third-order valence-corrected chi connectivity index (χ3v) is 3.27. The Morgan fingerprint density at radius 1 is 1.16 bits per heavy atom. The van der Waals surface area contributed by atoms with Gasteiger partial charge in [-0.05, 0) is 55.8 Å². The molecule has 0 radical (unpaired) electrons. The lowest BCUT2D eigenvalue weighted by atomic mass is 10.1. The van der Waals surface area contributed by atoms with Gasteiger partial charge in [-0.15, -0.1) is 0 Å². The number of halogens is 2. The molecule has 0 bridgehead atoms. The van der Waals surface area contributed by atoms with Crippen molar-refractivity contribution in [1.29, 1.82) is 0 Å². The van der Waals surface area contributed by atoms with Gasteiger partial charge in [0.2, 0.25) is 0 Å². The van der Waals surface area contributed by atoms with Crippen molar-refractivity contribution in [1.82, 2.24) is 0 Å². The molecule has 2 nitrogen and oxygen atoms in total. The molecule has 19 heavy (non-hydrogen) atoms. The molecule has 0 aliphatic rings. The van der Waals surface area contributed by atoms with Crippen LogP contribution in [0.3, 0.4) is 0 Å². The number of hydrogen-bond donors (Lipinski definition) is 1. The molecule has 1 unspecified atom stereocenters. The van der Waals surface area contributed by atoms with E-state index >= 15 is 0 Å². The summed E-state index contributed by atoms with van der Waals surface area (Å²) in [7, 11) is 0. The summed E-state index contributed by atoms with van der Waals surface area (Å²) in [6.07, 6.45) is -0.645. The number of ether oxygens (including phenoxy) is 1. The first-order chi connectivity index (χ1) is 8.97. The molecule has 0 saturated carbocycles. The van der Waals surface area contributed by atoms with E-state index in [9.17, 15) is 9.50 Å². The normalized spacial score (nSPS) is 12.3. The fraction of sp³-hybridized carbons (Fsp3) is 0.200. The molecule has 0 heterocycles. The number of aryl methyl sites for hydroxylation is 1. The van der Waals surface area contributed by atoms with Crippen molar-refractivity contribution >= 4 is 15.9 Å². The van der Waals surface area contributed by atoms with E-state index in [1.165, 1.54) is 12.1 Å². The largest absolute Gasteiger partial charge is 0.457 e. The van der Waals surface area contributed by atoms with Gasteiger partial charge >= 0.3 is 0 Å². The van der Waals surface area contributed by atoms with E-state index < -0.39 is 6.10 Å². The van der Waals surface area contributed by atoms with Gasteiger partial charge in [0.15, 0.2) is 0 Å². The van der Waals surface area contributed by atoms with Crippen LogP contribution in [0.15, 0.2) is 40.9 Å². The molecule has 0 amide bonds. The first-order valence-corrected chi connectivity index (χ1v) is 6.68. The van der Waals surface area contributed by atoms with Gasteiger partial charge in [-0.25, -0.2) is 4.39 Å². The Morgan fingerprint density at radius 2 is 1.84 bits per heavy atom. The quantitative estimate of drug-likeness (QED) is 0.883. The molecule has 0 aliphatic heterocycles. The predicted molar refractivity (Wildman–Crippen MR) is 76.0 cm³/mol. The molecule has 2 aromatic rings. The third-order valence-electron chi connectivity index (χ3n) is 2.78. The molecule has 2 aromatic carbocycles. The number of aliphatic hydroxyl groups is 1. The van der Waals surface area contributed by atoms with Crippen molar-refractivity contribution in [2.45, 2.75) is 20.0 Å². The highest BCUT2D eigenvalue weighted by Gasteiger charge is 2.12. The zero-order valence-electron chi connectivity index (χ0n) is 10.7. The van der Waals surface area contributed by atoms with Gasteiger partial charge in [0.05, 0.1) is 6.10 Å². The summed E-state index contributed by atoms with van der Waals surface area (Å²) in [4.78, 5) is 0. The van der Waals surface area contributed by atoms with Crippen molar-refractivity contribution in [2.75, 3.05) is 0 Å². The maximum atomic E-state index is 13.0. The standard InChI is InChI=1S/C15H14BrFO2/c1-9-7-12(17)4-6-14(9)19-15-5-3-11(16)8-13(15)10(2)18/h3-8,10,18H,1-2H3. The van der Waals surface area contributed by atoms with E-state index in [2.05, 4.69) is 15.9 Å². The van der Waals surface area contributed by atoms with Crippen LogP contribution in [0.25, 0.3) is 0 Å². The third kappa shape index (κ3) is 3.33. The SMILES string of the molecule is Cc1cc(F)ccc1Oc1ccc(Br)cc1C(C)O. The second kappa shape index (κ2) is 5.72. The van der Waals surface area contributed by atoms with E-state index in [0.717, 1.165) is 4.47 Å². The van der Waals surface area contributed by atoms with E-state index in [1.807, 2.05) is 6.07 Å². The van der Waals surface area contributed by atoms with E-state index in [1.54, 1.807) is 32.0 Å². The minimum atomic E-state index is -0.645. The molecular weight excluding hydrogens is 311 g/mol. The Balaban J connectivity index is 2.38. The highest BCUT2D eigenvalue weighted by atomic mass is 79.9. The Kier molecular flexibility index (Phi) is 4.22. The summed E-state index contributed by atoms with van der Waals surface area (Å²) in [5.41, 5.74) is 1.39. The fourth-order valence-electron chi connectivity index (χ4n) is 1.78. The Labute approximate surface area is 120 Å². The summed E-state index contributed by atoms with van der Waals surface area (Å²) in [5, 5.41) is 9.76. The summed E-state index contributed by atoms with van der Waals surface area (Å²) in [6.45, 7) is 3.45. The van der Waals surface area contributed by atoms with Crippen LogP contribution in [0.1, 0.15) is 24.2 Å². The zero-order valence-corrected chi connectivity index (χ0v) is 12.2. The molecule has 1 atom stereocenters. The van der Waals surface area contributed by atoms with Crippen molar-refractivity contribution in [3.63, 3.8) is 0 Å². The predicted octanol–water partition coefficient (Wildman–Crippen LogP) is 4.74. The Hall–Kier alpha value is -1.39. The van der Waals surface area contributed by atoms with Gasteiger partial charge in [0, 0.05) is 10.0 Å². The molecule has 100 valence electrons. The molecular formula is C15H14BrFO2. The lowest BCUT2D eigenvalue weighted by Gasteiger charge is -2.15. The lowest BCUT2D eigenvalue weighted by Crippen LogP contribution is -1.97. The second-order valence-corrected chi connectivity index (χ2v) is 5.29. The van der Waals surface area contributed by atoms with Crippen LogP contribution < -0.4 is 4.74 Å². The minimum Gasteiger partial charge on any atom is -0.457 e. The van der Waals surface area contributed by atoms with Crippen LogP contribution >= 0.6 is 15.9 Å². The summed E-state index contributed by atoms with van der Waals surface area (Å²) in [5.74, 6) is 0.843. The first-order valence-electron chi connectivity index (χ1n) is 5.89. The summed E-state index contributed by atoms with van der Waals surface area (Å²) < 4.78 is 19.7. The topological polar surface area (TPSA) is 29.5 Å². The Morgan fingerprint density at radius 3 is 2.47 bits per heavy atom. The maximum absolute atomic E-state index is 13.0. The lowest BCUT2D eigenvalue weighted by molar-refractivity contribution is 0.195. The molecule has 4 heteroatoms. The van der Waals surface area contributed by atoms with Crippen LogP contribution in [-0.4, -0.2) is 5.11 Å². The molecule has 1 N–H and O–H groups in total. The summed E-state index contributed by atoms with van der Waals surface area (Å²) in [6, 6.07) is 9.76. The van der Waals surface area contributed by atoms with Gasteiger partial charge in [0.25, 0.3) is 0 Å². The van der Waals surface area contributed by atoms with Gasteiger partial charge < -0.3 is 9.84 Å². The average Bonchev–Trinajstić information content (AvgIpc) is 2.34. The first kappa shape index (κ1) is 14.0. The van der Waals surface area contributed by atoms with Crippen LogP contribution in [0.2, 0.25) is 0 Å². The molecule has 0 saturated heterocycles. The average molecular weight is 325 g/mol. The maximum Gasteiger partial charge on any atom is 0.133 e. The van der Waals surface area contributed by atoms with E-state index in [4.69, 9.17) is 4.74 Å². The molecule has 2 rings (SSSR count). The summed E-state index contributed by atoms with van der Waals surface area (Å²) >= 11 is 3.36. The van der Waals surface area contributed by atoms with Crippen LogP contribution in [0.5, 0.6) is 11.5 Å². The van der Waals surface area contributed by atoms with E-state index in [0.29, 0.717) is 22.6 Å². The number of benzene rings is 2. The molecule has 0 aromatic heterocycles. The van der Waals surface area contributed by atoms with Crippen molar-refractivity contribution < 1.29 is 14.2 Å². The zero-order chi connectivity index (χ0) is 14.0. The van der Waals surface area contributed by atoms with Gasteiger partial charge in [-0.1, -0.05) is 15.9 Å². The van der Waals surface area contributed by atoms with Gasteiger partial charge in [-0.3, -0.25) is 0 Å². The molecule has 0 spiro atoms. The Bertz CT molecular complexity index is 597. The second-order valence-electron chi connectivity index (χ2n) is 4.37. The minimum absolute atomic E-state index is 0.295. The fourth-order valence-corrected chi connectivity index (χ4v) is 2.16. The monoisotopic (exact) mass is 324 g/mol. The van der Waals surface area contributed by atoms with Crippen LogP contribution in [-0.2, 0) is 0 Å². The number of hydrogen-bond acceptors (Lipinski definition) is 2.